The molecule has 2 bridgehead atoms. The Balaban J connectivity index is 1.73. The van der Waals surface area contributed by atoms with Crippen molar-refractivity contribution < 1.29 is 4.79 Å². The monoisotopic (exact) mass is 377 g/mol. The molecule has 0 unspecified atom stereocenters. The number of carbonyl (C=O) groups is 1. The molecule has 1 aliphatic heterocycles. The van der Waals surface area contributed by atoms with E-state index in [1.54, 1.807) is 17.7 Å². The molecule has 1 spiro atoms. The van der Waals surface area contributed by atoms with Crippen molar-refractivity contribution in [1.29, 1.82) is 0 Å². The van der Waals surface area contributed by atoms with Crippen LogP contribution in [0.2, 0.25) is 0 Å². The third-order valence-electron chi connectivity index (χ3n) is 6.88. The highest BCUT2D eigenvalue weighted by atomic mass is 16.2. The number of fused-ring (bicyclic) bond motifs is 3. The maximum atomic E-state index is 13.2. The van der Waals surface area contributed by atoms with Gasteiger partial charge in [0.15, 0.2) is 5.78 Å². The van der Waals surface area contributed by atoms with Crippen LogP contribution in [-0.4, -0.2) is 25.9 Å². The van der Waals surface area contributed by atoms with Gasteiger partial charge in [0.25, 0.3) is 5.56 Å². The first kappa shape index (κ1) is 17.4. The number of rotatable bonds is 2. The first-order valence-corrected chi connectivity index (χ1v) is 9.73. The van der Waals surface area contributed by atoms with Crippen molar-refractivity contribution >= 4 is 5.78 Å². The zero-order valence-electron chi connectivity index (χ0n) is 16.1. The van der Waals surface area contributed by atoms with Gasteiger partial charge in [-0.25, -0.2) is 4.79 Å². The summed E-state index contributed by atoms with van der Waals surface area (Å²) in [5.41, 5.74) is 1.27. The van der Waals surface area contributed by atoms with E-state index in [9.17, 15) is 14.4 Å². The lowest BCUT2D eigenvalue weighted by Crippen LogP contribution is -2.43. The second-order valence-corrected chi connectivity index (χ2v) is 8.32. The highest BCUT2D eigenvalue weighted by molar-refractivity contribution is 5.97. The number of ketones is 1. The lowest BCUT2D eigenvalue weighted by atomic mass is 9.76. The van der Waals surface area contributed by atoms with E-state index >= 15 is 0 Å². The standard InChI is InChI=1S/C22H23N3O3/c1-23-16-12-22-11-15(9-6-10-17(22)26)25(13-14-7-4-3-5-8-14)19(22)18(16)20(27)24(2)21(23)28/h3-8,10,15,19H,9,11-13H2,1-2H3/t15-,19-,22+/m0/s1. The van der Waals surface area contributed by atoms with E-state index < -0.39 is 5.41 Å². The second kappa shape index (κ2) is 5.88. The Bertz CT molecular complexity index is 1130. The molecule has 2 aliphatic carbocycles. The van der Waals surface area contributed by atoms with Crippen molar-refractivity contribution in [2.45, 2.75) is 37.9 Å². The number of carbonyl (C=O) groups excluding carboxylic acids is 1. The number of aromatic nitrogens is 2. The summed E-state index contributed by atoms with van der Waals surface area (Å²) in [6.45, 7) is 0.685. The summed E-state index contributed by atoms with van der Waals surface area (Å²) in [6, 6.07) is 10.1. The van der Waals surface area contributed by atoms with E-state index in [1.165, 1.54) is 11.6 Å². The summed E-state index contributed by atoms with van der Waals surface area (Å²) in [7, 11) is 3.22. The maximum absolute atomic E-state index is 13.2. The van der Waals surface area contributed by atoms with Gasteiger partial charge in [-0.05, 0) is 24.5 Å². The molecule has 5 rings (SSSR count). The molecule has 1 saturated heterocycles. The Morgan fingerprint density at radius 1 is 1.07 bits per heavy atom. The molecule has 0 amide bonds. The SMILES string of the molecule is Cn1c2c(c(=O)n(C)c1=O)[C@@H]1N(Cc3ccccc3)[C@H]3CC=CC(=O)[C@]1(C2)C3. The second-order valence-electron chi connectivity index (χ2n) is 8.32. The predicted octanol–water partition coefficient (Wildman–Crippen LogP) is 1.47. The van der Waals surface area contributed by atoms with Gasteiger partial charge in [0.1, 0.15) is 0 Å². The molecular weight excluding hydrogens is 354 g/mol. The van der Waals surface area contributed by atoms with Crippen molar-refractivity contribution in [2.24, 2.45) is 19.5 Å². The minimum atomic E-state index is -0.646. The quantitative estimate of drug-likeness (QED) is 0.795. The van der Waals surface area contributed by atoms with Crippen LogP contribution in [0.15, 0.2) is 52.1 Å². The average Bonchev–Trinajstić information content (AvgIpc) is 3.12. The van der Waals surface area contributed by atoms with E-state index in [2.05, 4.69) is 17.0 Å². The van der Waals surface area contributed by atoms with E-state index in [0.717, 1.165) is 24.1 Å². The van der Waals surface area contributed by atoms with Crippen molar-refractivity contribution in [1.82, 2.24) is 14.0 Å². The highest BCUT2D eigenvalue weighted by Gasteiger charge is 2.62. The average molecular weight is 377 g/mol. The molecule has 1 fully saturated rings. The van der Waals surface area contributed by atoms with Gasteiger partial charge in [0.2, 0.25) is 0 Å². The summed E-state index contributed by atoms with van der Waals surface area (Å²) >= 11 is 0. The minimum Gasteiger partial charge on any atom is -0.300 e. The predicted molar refractivity (Wildman–Crippen MR) is 105 cm³/mol. The molecule has 1 aromatic carbocycles. The van der Waals surface area contributed by atoms with Gasteiger partial charge in [-0.3, -0.25) is 19.1 Å². The van der Waals surface area contributed by atoms with Crippen molar-refractivity contribution in [2.75, 3.05) is 0 Å². The Labute approximate surface area is 162 Å². The highest BCUT2D eigenvalue weighted by Crippen LogP contribution is 2.58. The molecule has 3 atom stereocenters. The molecule has 6 nitrogen and oxygen atoms in total. The summed E-state index contributed by atoms with van der Waals surface area (Å²) in [6.07, 6.45) is 5.65. The largest absolute Gasteiger partial charge is 0.330 e. The van der Waals surface area contributed by atoms with Crippen LogP contribution in [0.3, 0.4) is 0 Å². The zero-order chi connectivity index (χ0) is 19.6. The molecule has 0 radical (unpaired) electrons. The summed E-state index contributed by atoms with van der Waals surface area (Å²) in [5.74, 6) is 0.0845. The fraction of sp³-hybridized carbons (Fsp3) is 0.409. The van der Waals surface area contributed by atoms with Gasteiger partial charge < -0.3 is 4.57 Å². The van der Waals surface area contributed by atoms with E-state index in [0.29, 0.717) is 18.5 Å². The number of allylic oxidation sites excluding steroid dienone is 1. The molecule has 0 saturated carbocycles. The van der Waals surface area contributed by atoms with Gasteiger partial charge in [-0.2, -0.15) is 0 Å². The molecule has 2 aromatic rings. The topological polar surface area (TPSA) is 64.3 Å². The van der Waals surface area contributed by atoms with Crippen LogP contribution in [0, 0.1) is 5.41 Å². The Morgan fingerprint density at radius 2 is 1.82 bits per heavy atom. The van der Waals surface area contributed by atoms with E-state index in [-0.39, 0.29) is 29.1 Å². The summed E-state index contributed by atoms with van der Waals surface area (Å²) in [5, 5.41) is 0. The normalized spacial score (nSPS) is 28.3. The number of hydrogen-bond donors (Lipinski definition) is 0. The molecule has 2 heterocycles. The zero-order valence-corrected chi connectivity index (χ0v) is 16.1. The third kappa shape index (κ3) is 2.15. The van der Waals surface area contributed by atoms with Crippen LogP contribution in [0.1, 0.15) is 35.7 Å². The molecule has 0 N–H and O–H groups in total. The van der Waals surface area contributed by atoms with Crippen molar-refractivity contribution in [3.8, 4) is 0 Å². The van der Waals surface area contributed by atoms with Gasteiger partial charge in [-0.15, -0.1) is 0 Å². The Kier molecular flexibility index (Phi) is 3.65. The van der Waals surface area contributed by atoms with Crippen LogP contribution in [-0.2, 0) is 31.9 Å². The lowest BCUT2D eigenvalue weighted by Gasteiger charge is -2.33. The molecular formula is C22H23N3O3. The fourth-order valence-corrected chi connectivity index (χ4v) is 5.54. The fourth-order valence-electron chi connectivity index (χ4n) is 5.54. The number of likely N-dealkylation sites (tertiary alicyclic amines) is 1. The molecule has 28 heavy (non-hydrogen) atoms. The molecule has 1 aromatic heterocycles. The van der Waals surface area contributed by atoms with Gasteiger partial charge in [0, 0.05) is 38.8 Å². The van der Waals surface area contributed by atoms with Gasteiger partial charge in [-0.1, -0.05) is 36.4 Å². The number of benzene rings is 1. The Hall–Kier alpha value is -2.73. The van der Waals surface area contributed by atoms with E-state index in [4.69, 9.17) is 0 Å². The van der Waals surface area contributed by atoms with Crippen LogP contribution in [0.4, 0.5) is 0 Å². The third-order valence-corrected chi connectivity index (χ3v) is 6.88. The summed E-state index contributed by atoms with van der Waals surface area (Å²) in [4.78, 5) is 41.2. The smallest absolute Gasteiger partial charge is 0.300 e. The van der Waals surface area contributed by atoms with Crippen LogP contribution < -0.4 is 11.2 Å². The molecule has 144 valence electrons. The number of hydrogen-bond acceptors (Lipinski definition) is 4. The van der Waals surface area contributed by atoms with Crippen molar-refractivity contribution in [3.05, 3.63) is 80.1 Å². The Morgan fingerprint density at radius 3 is 2.57 bits per heavy atom. The van der Waals surface area contributed by atoms with Crippen LogP contribution in [0.25, 0.3) is 0 Å². The molecule has 3 aliphatic rings. The van der Waals surface area contributed by atoms with Gasteiger partial charge >= 0.3 is 5.69 Å². The van der Waals surface area contributed by atoms with Crippen molar-refractivity contribution in [3.63, 3.8) is 0 Å². The maximum Gasteiger partial charge on any atom is 0.330 e. The van der Waals surface area contributed by atoms with Crippen LogP contribution >= 0.6 is 0 Å². The first-order chi connectivity index (χ1) is 13.4. The summed E-state index contributed by atoms with van der Waals surface area (Å²) < 4.78 is 2.73. The molecule has 6 heteroatoms. The minimum absolute atomic E-state index is 0.0845. The first-order valence-electron chi connectivity index (χ1n) is 9.73. The van der Waals surface area contributed by atoms with Crippen LogP contribution in [0.5, 0.6) is 0 Å². The lowest BCUT2D eigenvalue weighted by molar-refractivity contribution is -0.124. The van der Waals surface area contributed by atoms with E-state index in [1.807, 2.05) is 24.3 Å². The van der Waals surface area contributed by atoms with Gasteiger partial charge in [0.05, 0.1) is 17.0 Å². The number of nitrogens with zero attached hydrogens (tertiary/aromatic N) is 3.